The van der Waals surface area contributed by atoms with Gasteiger partial charge in [0.15, 0.2) is 5.69 Å². The first kappa shape index (κ1) is 16.7. The molecule has 1 amide bonds. The quantitative estimate of drug-likeness (QED) is 0.855. The maximum Gasteiger partial charge on any atom is 0.326 e. The average molecular weight is 319 g/mol. The van der Waals surface area contributed by atoms with Crippen LogP contribution in [0.2, 0.25) is 0 Å². The van der Waals surface area contributed by atoms with E-state index in [1.54, 1.807) is 19.1 Å². The largest absolute Gasteiger partial charge is 0.480 e. The Morgan fingerprint density at radius 1 is 1.35 bits per heavy atom. The highest BCUT2D eigenvalue weighted by molar-refractivity contribution is 5.95. The van der Waals surface area contributed by atoms with Gasteiger partial charge in [-0.2, -0.15) is 5.10 Å². The molecule has 2 aromatic rings. The van der Waals surface area contributed by atoms with Crippen LogP contribution in [-0.4, -0.2) is 32.8 Å². The van der Waals surface area contributed by atoms with Crippen LogP contribution in [0.15, 0.2) is 36.5 Å². The Morgan fingerprint density at radius 3 is 2.65 bits per heavy atom. The molecule has 2 unspecified atom stereocenters. The third-order valence-electron chi connectivity index (χ3n) is 3.69. The van der Waals surface area contributed by atoms with Crippen molar-refractivity contribution in [1.29, 1.82) is 0 Å². The molecule has 1 aromatic carbocycles. The number of rotatable bonds is 6. The highest BCUT2D eigenvalue weighted by Gasteiger charge is 2.26. The minimum Gasteiger partial charge on any atom is -0.480 e. The van der Waals surface area contributed by atoms with Crippen LogP contribution >= 0.6 is 0 Å². The number of carbonyl (C=O) groups is 2. The van der Waals surface area contributed by atoms with E-state index in [4.69, 9.17) is 0 Å². The highest BCUT2D eigenvalue weighted by atomic mass is 19.1. The van der Waals surface area contributed by atoms with E-state index in [0.717, 1.165) is 0 Å². The number of benzene rings is 1. The van der Waals surface area contributed by atoms with Gasteiger partial charge in [-0.05, 0) is 24.1 Å². The molecular formula is C16H18FN3O3. The Labute approximate surface area is 132 Å². The van der Waals surface area contributed by atoms with Crippen molar-refractivity contribution in [2.24, 2.45) is 5.92 Å². The second kappa shape index (κ2) is 7.04. The van der Waals surface area contributed by atoms with Crippen molar-refractivity contribution >= 4 is 11.9 Å². The van der Waals surface area contributed by atoms with Crippen LogP contribution < -0.4 is 5.32 Å². The molecular weight excluding hydrogens is 301 g/mol. The van der Waals surface area contributed by atoms with E-state index in [1.807, 2.05) is 6.92 Å². The van der Waals surface area contributed by atoms with E-state index in [1.165, 1.54) is 29.1 Å². The first-order valence-corrected chi connectivity index (χ1v) is 7.28. The molecule has 0 radical (unpaired) electrons. The second-order valence-corrected chi connectivity index (χ2v) is 5.27. The molecule has 2 atom stereocenters. The van der Waals surface area contributed by atoms with Crippen molar-refractivity contribution in [2.45, 2.75) is 26.3 Å². The van der Waals surface area contributed by atoms with Gasteiger partial charge in [0.25, 0.3) is 5.91 Å². The first-order chi connectivity index (χ1) is 10.9. The molecule has 0 saturated carbocycles. The van der Waals surface area contributed by atoms with Crippen molar-refractivity contribution < 1.29 is 19.1 Å². The molecule has 0 spiro atoms. The van der Waals surface area contributed by atoms with Crippen molar-refractivity contribution in [1.82, 2.24) is 15.1 Å². The molecule has 0 aliphatic rings. The van der Waals surface area contributed by atoms with Gasteiger partial charge in [0.1, 0.15) is 17.5 Å². The Bertz CT molecular complexity index is 714. The molecule has 122 valence electrons. The van der Waals surface area contributed by atoms with E-state index in [-0.39, 0.29) is 17.3 Å². The van der Waals surface area contributed by atoms with Crippen LogP contribution in [0.3, 0.4) is 0 Å². The van der Waals surface area contributed by atoms with Gasteiger partial charge >= 0.3 is 5.97 Å². The molecule has 2 N–H and O–H groups in total. The molecule has 7 heteroatoms. The summed E-state index contributed by atoms with van der Waals surface area (Å²) in [5, 5.41) is 15.7. The monoisotopic (exact) mass is 319 g/mol. The lowest BCUT2D eigenvalue weighted by molar-refractivity contribution is -0.140. The standard InChI is InChI=1S/C16H18FN3O3/c1-3-10(2)14(16(22)23)18-15(21)12-8-9-20(19-12)13-7-5-4-6-11(13)17/h4-10,14H,3H2,1-2H3,(H,18,21)(H,22,23). The van der Waals surface area contributed by atoms with Gasteiger partial charge in [-0.1, -0.05) is 32.4 Å². The summed E-state index contributed by atoms with van der Waals surface area (Å²) < 4.78 is 15.0. The second-order valence-electron chi connectivity index (χ2n) is 5.27. The number of aromatic nitrogens is 2. The number of halogens is 1. The maximum absolute atomic E-state index is 13.7. The fourth-order valence-corrected chi connectivity index (χ4v) is 2.12. The van der Waals surface area contributed by atoms with Crippen LogP contribution in [0.1, 0.15) is 30.8 Å². The zero-order valence-electron chi connectivity index (χ0n) is 12.9. The fourth-order valence-electron chi connectivity index (χ4n) is 2.12. The highest BCUT2D eigenvalue weighted by Crippen LogP contribution is 2.13. The molecule has 0 aliphatic carbocycles. The van der Waals surface area contributed by atoms with Crippen LogP contribution in [0, 0.1) is 11.7 Å². The van der Waals surface area contributed by atoms with Crippen LogP contribution in [0.25, 0.3) is 5.69 Å². The molecule has 2 rings (SSSR count). The van der Waals surface area contributed by atoms with Gasteiger partial charge < -0.3 is 10.4 Å². The number of hydrogen-bond donors (Lipinski definition) is 2. The van der Waals surface area contributed by atoms with Gasteiger partial charge in [0.2, 0.25) is 0 Å². The van der Waals surface area contributed by atoms with Gasteiger partial charge in [0, 0.05) is 6.20 Å². The Balaban J connectivity index is 2.18. The lowest BCUT2D eigenvalue weighted by atomic mass is 9.99. The molecule has 0 bridgehead atoms. The van der Waals surface area contributed by atoms with Crippen molar-refractivity contribution in [3.05, 3.63) is 48.0 Å². The minimum absolute atomic E-state index is 0.0304. The molecule has 6 nitrogen and oxygen atoms in total. The molecule has 23 heavy (non-hydrogen) atoms. The minimum atomic E-state index is -1.10. The smallest absolute Gasteiger partial charge is 0.326 e. The number of para-hydroxylation sites is 1. The third-order valence-corrected chi connectivity index (χ3v) is 3.69. The van der Waals surface area contributed by atoms with Crippen LogP contribution in [0.4, 0.5) is 4.39 Å². The number of carbonyl (C=O) groups excluding carboxylic acids is 1. The van der Waals surface area contributed by atoms with E-state index in [2.05, 4.69) is 10.4 Å². The van der Waals surface area contributed by atoms with Gasteiger partial charge in [0.05, 0.1) is 0 Å². The van der Waals surface area contributed by atoms with Crippen molar-refractivity contribution in [3.63, 3.8) is 0 Å². The van der Waals surface area contributed by atoms with Gasteiger partial charge in [-0.25, -0.2) is 13.9 Å². The zero-order chi connectivity index (χ0) is 17.0. The van der Waals surface area contributed by atoms with E-state index in [9.17, 15) is 19.1 Å². The molecule has 1 heterocycles. The number of nitrogens with zero attached hydrogens (tertiary/aromatic N) is 2. The van der Waals surface area contributed by atoms with Crippen molar-refractivity contribution in [3.8, 4) is 5.69 Å². The van der Waals surface area contributed by atoms with E-state index < -0.39 is 23.7 Å². The van der Waals surface area contributed by atoms with Crippen LogP contribution in [0.5, 0.6) is 0 Å². The lowest BCUT2D eigenvalue weighted by Crippen LogP contribution is -2.45. The van der Waals surface area contributed by atoms with Crippen LogP contribution in [-0.2, 0) is 4.79 Å². The first-order valence-electron chi connectivity index (χ1n) is 7.28. The molecule has 0 fully saturated rings. The average Bonchev–Trinajstić information content (AvgIpc) is 3.01. The SMILES string of the molecule is CCC(C)C(NC(=O)c1ccn(-c2ccccc2F)n1)C(=O)O. The van der Waals surface area contributed by atoms with Gasteiger partial charge in [-0.15, -0.1) is 0 Å². The number of carboxylic acid groups (broad SMARTS) is 1. The predicted molar refractivity (Wildman–Crippen MR) is 81.9 cm³/mol. The Hall–Kier alpha value is -2.70. The topological polar surface area (TPSA) is 84.2 Å². The lowest BCUT2D eigenvalue weighted by Gasteiger charge is -2.19. The molecule has 0 saturated heterocycles. The number of carboxylic acids is 1. The summed E-state index contributed by atoms with van der Waals surface area (Å²) in [5.74, 6) is -2.38. The Kier molecular flexibility index (Phi) is 5.10. The summed E-state index contributed by atoms with van der Waals surface area (Å²) in [6.07, 6.45) is 2.06. The van der Waals surface area contributed by atoms with Crippen molar-refractivity contribution in [2.75, 3.05) is 0 Å². The normalized spacial score (nSPS) is 13.3. The zero-order valence-corrected chi connectivity index (χ0v) is 12.9. The van der Waals surface area contributed by atoms with E-state index in [0.29, 0.717) is 6.42 Å². The maximum atomic E-state index is 13.7. The Morgan fingerprint density at radius 2 is 2.04 bits per heavy atom. The summed E-state index contributed by atoms with van der Waals surface area (Å²) >= 11 is 0. The number of nitrogens with one attached hydrogen (secondary N) is 1. The number of amides is 1. The van der Waals surface area contributed by atoms with Gasteiger partial charge in [-0.3, -0.25) is 4.79 Å². The fraction of sp³-hybridized carbons (Fsp3) is 0.312. The van der Waals surface area contributed by atoms with E-state index >= 15 is 0 Å². The molecule has 1 aromatic heterocycles. The predicted octanol–water partition coefficient (Wildman–Crippen LogP) is 2.24. The summed E-state index contributed by atoms with van der Waals surface area (Å²) in [7, 11) is 0. The third kappa shape index (κ3) is 3.74. The number of aliphatic carboxylic acids is 1. The summed E-state index contributed by atoms with van der Waals surface area (Å²) in [6.45, 7) is 3.59. The summed E-state index contributed by atoms with van der Waals surface area (Å²) in [6, 6.07) is 6.45. The number of hydrogen-bond acceptors (Lipinski definition) is 3. The summed E-state index contributed by atoms with van der Waals surface area (Å²) in [4.78, 5) is 23.4. The summed E-state index contributed by atoms with van der Waals surface area (Å²) in [5.41, 5.74) is 0.242. The molecule has 0 aliphatic heterocycles.